The fraction of sp³-hybridized carbons (Fsp3) is 0.353. The lowest BCUT2D eigenvalue weighted by Gasteiger charge is -2.29. The SMILES string of the molecule is Nc1ncccc1CC1(O)CCCCc2ccccc21. The van der Waals surface area contributed by atoms with E-state index >= 15 is 0 Å². The lowest BCUT2D eigenvalue weighted by Crippen LogP contribution is -2.29. The van der Waals surface area contributed by atoms with Crippen LogP contribution in [0.3, 0.4) is 0 Å². The molecule has 1 atom stereocenters. The minimum absolute atomic E-state index is 0.516. The van der Waals surface area contributed by atoms with Crippen molar-refractivity contribution >= 4 is 5.82 Å². The molecule has 2 aromatic rings. The summed E-state index contributed by atoms with van der Waals surface area (Å²) in [4.78, 5) is 4.12. The van der Waals surface area contributed by atoms with E-state index in [9.17, 15) is 5.11 Å². The topological polar surface area (TPSA) is 59.1 Å². The van der Waals surface area contributed by atoms with Gasteiger partial charge < -0.3 is 10.8 Å². The number of aromatic nitrogens is 1. The number of aliphatic hydroxyl groups is 1. The molecule has 0 spiro atoms. The first-order chi connectivity index (χ1) is 9.69. The zero-order valence-electron chi connectivity index (χ0n) is 11.5. The molecular formula is C17H20N2O. The number of pyridine rings is 1. The average molecular weight is 268 g/mol. The van der Waals surface area contributed by atoms with Crippen LogP contribution in [0, 0.1) is 0 Å². The van der Waals surface area contributed by atoms with Gasteiger partial charge >= 0.3 is 0 Å². The number of aryl methyl sites for hydroxylation is 1. The van der Waals surface area contributed by atoms with Gasteiger partial charge in [0.25, 0.3) is 0 Å². The molecule has 1 aromatic heterocycles. The van der Waals surface area contributed by atoms with Crippen LogP contribution in [0.4, 0.5) is 5.82 Å². The molecule has 3 N–H and O–H groups in total. The minimum atomic E-state index is -0.829. The number of nitrogens with zero attached hydrogens (tertiary/aromatic N) is 1. The second-order valence-corrected chi connectivity index (χ2v) is 5.62. The number of anilines is 1. The summed E-state index contributed by atoms with van der Waals surface area (Å²) in [5.41, 5.74) is 8.34. The number of nitrogen functional groups attached to an aromatic ring is 1. The molecule has 1 unspecified atom stereocenters. The monoisotopic (exact) mass is 268 g/mol. The van der Waals surface area contributed by atoms with Gasteiger partial charge in [-0.15, -0.1) is 0 Å². The molecule has 3 rings (SSSR count). The Morgan fingerprint density at radius 3 is 2.85 bits per heavy atom. The maximum Gasteiger partial charge on any atom is 0.126 e. The van der Waals surface area contributed by atoms with Crippen LogP contribution in [-0.4, -0.2) is 10.1 Å². The average Bonchev–Trinajstić information content (AvgIpc) is 2.62. The Balaban J connectivity index is 2.01. The Morgan fingerprint density at radius 1 is 1.15 bits per heavy atom. The van der Waals surface area contributed by atoms with Crippen molar-refractivity contribution in [1.29, 1.82) is 0 Å². The van der Waals surface area contributed by atoms with E-state index in [1.165, 1.54) is 5.56 Å². The second-order valence-electron chi connectivity index (χ2n) is 5.62. The Labute approximate surface area is 119 Å². The van der Waals surface area contributed by atoms with E-state index in [0.717, 1.165) is 36.8 Å². The number of rotatable bonds is 2. The third-order valence-electron chi connectivity index (χ3n) is 4.21. The molecule has 1 aromatic carbocycles. The van der Waals surface area contributed by atoms with Crippen LogP contribution in [0.5, 0.6) is 0 Å². The predicted molar refractivity (Wildman–Crippen MR) is 80.2 cm³/mol. The summed E-state index contributed by atoms with van der Waals surface area (Å²) in [5, 5.41) is 11.2. The molecule has 20 heavy (non-hydrogen) atoms. The number of hydrogen-bond acceptors (Lipinski definition) is 3. The minimum Gasteiger partial charge on any atom is -0.385 e. The summed E-state index contributed by atoms with van der Waals surface area (Å²) in [6, 6.07) is 12.0. The molecular weight excluding hydrogens is 248 g/mol. The van der Waals surface area contributed by atoms with Crippen LogP contribution in [0.25, 0.3) is 0 Å². The molecule has 1 aliphatic rings. The number of fused-ring (bicyclic) bond motifs is 1. The van der Waals surface area contributed by atoms with Gasteiger partial charge in [0.1, 0.15) is 5.82 Å². The highest BCUT2D eigenvalue weighted by Crippen LogP contribution is 2.37. The van der Waals surface area contributed by atoms with Crippen LogP contribution in [0.2, 0.25) is 0 Å². The maximum atomic E-state index is 11.2. The Kier molecular flexibility index (Phi) is 3.45. The summed E-state index contributed by atoms with van der Waals surface area (Å²) in [6.07, 6.45) is 6.19. The van der Waals surface area contributed by atoms with E-state index < -0.39 is 5.60 Å². The molecule has 3 heteroatoms. The van der Waals surface area contributed by atoms with Crippen molar-refractivity contribution in [2.45, 2.75) is 37.7 Å². The van der Waals surface area contributed by atoms with E-state index in [4.69, 9.17) is 5.73 Å². The summed E-state index contributed by atoms with van der Waals surface area (Å²) in [6.45, 7) is 0. The van der Waals surface area contributed by atoms with Gasteiger partial charge in [-0.05, 0) is 48.4 Å². The zero-order valence-corrected chi connectivity index (χ0v) is 11.5. The van der Waals surface area contributed by atoms with Gasteiger partial charge in [0, 0.05) is 12.6 Å². The van der Waals surface area contributed by atoms with Gasteiger partial charge in [0.2, 0.25) is 0 Å². The standard InChI is InChI=1S/C17H20N2O/c18-16-14(8-5-11-19-16)12-17(20)10-4-3-7-13-6-1-2-9-15(13)17/h1-2,5-6,8-9,11,20H,3-4,7,10,12H2,(H2,18,19). The van der Waals surface area contributed by atoms with Crippen molar-refractivity contribution in [3.05, 3.63) is 59.3 Å². The van der Waals surface area contributed by atoms with E-state index in [0.29, 0.717) is 12.2 Å². The van der Waals surface area contributed by atoms with Crippen LogP contribution in [-0.2, 0) is 18.4 Å². The van der Waals surface area contributed by atoms with E-state index in [1.807, 2.05) is 30.3 Å². The molecule has 0 amide bonds. The van der Waals surface area contributed by atoms with E-state index in [1.54, 1.807) is 6.20 Å². The van der Waals surface area contributed by atoms with E-state index in [-0.39, 0.29) is 0 Å². The number of benzene rings is 1. The lowest BCUT2D eigenvalue weighted by atomic mass is 9.83. The van der Waals surface area contributed by atoms with Gasteiger partial charge in [-0.2, -0.15) is 0 Å². The van der Waals surface area contributed by atoms with Crippen LogP contribution < -0.4 is 5.73 Å². The molecule has 1 heterocycles. The molecule has 0 saturated carbocycles. The third-order valence-corrected chi connectivity index (χ3v) is 4.21. The van der Waals surface area contributed by atoms with Crippen molar-refractivity contribution in [1.82, 2.24) is 4.98 Å². The molecule has 0 saturated heterocycles. The second kappa shape index (κ2) is 5.25. The Morgan fingerprint density at radius 2 is 2.00 bits per heavy atom. The molecule has 0 radical (unpaired) electrons. The molecule has 0 bridgehead atoms. The van der Waals surface area contributed by atoms with Crippen molar-refractivity contribution in [3.8, 4) is 0 Å². The van der Waals surface area contributed by atoms with Crippen molar-refractivity contribution < 1.29 is 5.11 Å². The first-order valence-corrected chi connectivity index (χ1v) is 7.19. The molecule has 0 aliphatic heterocycles. The molecule has 104 valence electrons. The zero-order chi connectivity index (χ0) is 14.0. The fourth-order valence-electron chi connectivity index (χ4n) is 3.16. The molecule has 1 aliphatic carbocycles. The summed E-state index contributed by atoms with van der Waals surface area (Å²) in [7, 11) is 0. The number of nitrogens with two attached hydrogens (primary N) is 1. The highest BCUT2D eigenvalue weighted by molar-refractivity contribution is 5.42. The van der Waals surface area contributed by atoms with Gasteiger partial charge in [-0.25, -0.2) is 4.98 Å². The van der Waals surface area contributed by atoms with Gasteiger partial charge in [-0.3, -0.25) is 0 Å². The normalized spacial score (nSPS) is 22.1. The van der Waals surface area contributed by atoms with Crippen molar-refractivity contribution in [2.24, 2.45) is 0 Å². The lowest BCUT2D eigenvalue weighted by molar-refractivity contribution is 0.0273. The fourth-order valence-corrected chi connectivity index (χ4v) is 3.16. The highest BCUT2D eigenvalue weighted by atomic mass is 16.3. The van der Waals surface area contributed by atoms with Gasteiger partial charge in [-0.1, -0.05) is 30.3 Å². The first-order valence-electron chi connectivity index (χ1n) is 7.19. The van der Waals surface area contributed by atoms with Crippen LogP contribution >= 0.6 is 0 Å². The van der Waals surface area contributed by atoms with Gasteiger partial charge in [0.05, 0.1) is 5.60 Å². The number of hydrogen-bond donors (Lipinski definition) is 2. The highest BCUT2D eigenvalue weighted by Gasteiger charge is 2.33. The predicted octanol–water partition coefficient (Wildman–Crippen LogP) is 2.82. The molecule has 0 fully saturated rings. The third kappa shape index (κ3) is 2.41. The smallest absolute Gasteiger partial charge is 0.126 e. The maximum absolute atomic E-state index is 11.2. The summed E-state index contributed by atoms with van der Waals surface area (Å²) < 4.78 is 0. The Hall–Kier alpha value is -1.87. The molecule has 3 nitrogen and oxygen atoms in total. The Bertz CT molecular complexity index is 611. The van der Waals surface area contributed by atoms with E-state index in [2.05, 4.69) is 11.1 Å². The van der Waals surface area contributed by atoms with Crippen LogP contribution in [0.1, 0.15) is 36.0 Å². The van der Waals surface area contributed by atoms with Crippen molar-refractivity contribution in [2.75, 3.05) is 5.73 Å². The summed E-state index contributed by atoms with van der Waals surface area (Å²) >= 11 is 0. The summed E-state index contributed by atoms with van der Waals surface area (Å²) in [5.74, 6) is 0.516. The van der Waals surface area contributed by atoms with Crippen molar-refractivity contribution in [3.63, 3.8) is 0 Å². The largest absolute Gasteiger partial charge is 0.385 e. The first kappa shape index (κ1) is 13.1. The quantitative estimate of drug-likeness (QED) is 0.823. The van der Waals surface area contributed by atoms with Gasteiger partial charge in [0.15, 0.2) is 0 Å². The van der Waals surface area contributed by atoms with Crippen LogP contribution in [0.15, 0.2) is 42.6 Å².